The van der Waals surface area contributed by atoms with Crippen LogP contribution < -0.4 is 5.32 Å². The second-order valence-electron chi connectivity index (χ2n) is 5.78. The largest absolute Gasteiger partial charge is 0.316 e. The zero-order valence-electron chi connectivity index (χ0n) is 12.1. The number of aryl methyl sites for hydroxylation is 1. The molecule has 110 valence electrons. The van der Waals surface area contributed by atoms with E-state index >= 15 is 0 Å². The smallest absolute Gasteiger partial charge is 0.126 e. The van der Waals surface area contributed by atoms with Crippen LogP contribution >= 0.6 is 11.6 Å². The Labute approximate surface area is 130 Å². The molecule has 1 fully saturated rings. The summed E-state index contributed by atoms with van der Waals surface area (Å²) in [4.78, 5) is 0. The summed E-state index contributed by atoms with van der Waals surface area (Å²) in [5.41, 5.74) is 3.17. The van der Waals surface area contributed by atoms with Crippen molar-refractivity contribution < 1.29 is 4.39 Å². The van der Waals surface area contributed by atoms with Crippen molar-refractivity contribution in [3.8, 4) is 0 Å². The van der Waals surface area contributed by atoms with Gasteiger partial charge in [0.15, 0.2) is 0 Å². The highest BCUT2D eigenvalue weighted by molar-refractivity contribution is 6.30. The van der Waals surface area contributed by atoms with E-state index in [1.807, 2.05) is 31.2 Å². The van der Waals surface area contributed by atoms with Crippen LogP contribution in [0.2, 0.25) is 5.02 Å². The molecule has 2 unspecified atom stereocenters. The van der Waals surface area contributed by atoms with Gasteiger partial charge in [0.25, 0.3) is 0 Å². The van der Waals surface area contributed by atoms with Gasteiger partial charge in [0.2, 0.25) is 0 Å². The third kappa shape index (κ3) is 3.12. The maximum Gasteiger partial charge on any atom is 0.126 e. The predicted octanol–water partition coefficient (Wildman–Crippen LogP) is 4.65. The highest BCUT2D eigenvalue weighted by atomic mass is 35.5. The minimum Gasteiger partial charge on any atom is -0.316 e. The van der Waals surface area contributed by atoms with E-state index in [2.05, 4.69) is 17.4 Å². The van der Waals surface area contributed by atoms with Gasteiger partial charge < -0.3 is 5.32 Å². The van der Waals surface area contributed by atoms with Gasteiger partial charge in [-0.15, -0.1) is 0 Å². The lowest BCUT2D eigenvalue weighted by molar-refractivity contribution is 0.393. The number of piperidine rings is 1. The first-order valence-corrected chi connectivity index (χ1v) is 7.75. The molecule has 2 aromatic carbocycles. The molecule has 1 nitrogen and oxygen atoms in total. The molecule has 3 rings (SSSR count). The summed E-state index contributed by atoms with van der Waals surface area (Å²) in [6.07, 6.45) is 0.952. The van der Waals surface area contributed by atoms with Gasteiger partial charge in [0, 0.05) is 17.5 Å². The maximum absolute atomic E-state index is 14.3. The normalized spacial score (nSPS) is 22.2. The highest BCUT2D eigenvalue weighted by Crippen LogP contribution is 2.38. The zero-order valence-corrected chi connectivity index (χ0v) is 12.8. The van der Waals surface area contributed by atoms with Crippen molar-refractivity contribution in [1.29, 1.82) is 0 Å². The van der Waals surface area contributed by atoms with E-state index in [0.29, 0.717) is 0 Å². The Morgan fingerprint density at radius 1 is 1.10 bits per heavy atom. The zero-order chi connectivity index (χ0) is 14.8. The van der Waals surface area contributed by atoms with Crippen molar-refractivity contribution in [1.82, 2.24) is 5.32 Å². The molecular formula is C18H19ClFN. The van der Waals surface area contributed by atoms with Crippen molar-refractivity contribution in [2.45, 2.75) is 25.2 Å². The van der Waals surface area contributed by atoms with Crippen LogP contribution in [0.3, 0.4) is 0 Å². The molecule has 0 aromatic heterocycles. The number of hydrogen-bond donors (Lipinski definition) is 1. The summed E-state index contributed by atoms with van der Waals surface area (Å²) in [6, 6.07) is 13.3. The first-order chi connectivity index (χ1) is 10.1. The fourth-order valence-corrected chi connectivity index (χ4v) is 3.36. The summed E-state index contributed by atoms with van der Waals surface area (Å²) in [7, 11) is 0. The predicted molar refractivity (Wildman–Crippen MR) is 85.6 cm³/mol. The van der Waals surface area contributed by atoms with Crippen LogP contribution in [0.4, 0.5) is 4.39 Å². The van der Waals surface area contributed by atoms with Gasteiger partial charge in [0.1, 0.15) is 5.82 Å². The molecule has 3 heteroatoms. The number of rotatable bonds is 2. The minimum absolute atomic E-state index is 0.0912. The molecule has 0 spiro atoms. The molecule has 0 saturated carbocycles. The Bertz CT molecular complexity index is 624. The molecule has 1 aliphatic heterocycles. The number of halogens is 2. The molecule has 2 atom stereocenters. The lowest BCUT2D eigenvalue weighted by atomic mass is 9.77. The fourth-order valence-electron chi connectivity index (χ4n) is 3.24. The quantitative estimate of drug-likeness (QED) is 0.851. The van der Waals surface area contributed by atoms with Crippen molar-refractivity contribution in [2.24, 2.45) is 0 Å². The maximum atomic E-state index is 14.3. The molecule has 0 amide bonds. The summed E-state index contributed by atoms with van der Waals surface area (Å²) in [6.45, 7) is 3.82. The Morgan fingerprint density at radius 2 is 1.86 bits per heavy atom. The van der Waals surface area contributed by atoms with Crippen LogP contribution in [-0.4, -0.2) is 13.1 Å². The Morgan fingerprint density at radius 3 is 2.62 bits per heavy atom. The minimum atomic E-state index is -0.0912. The Balaban J connectivity index is 1.98. The van der Waals surface area contributed by atoms with Crippen LogP contribution in [0.15, 0.2) is 42.5 Å². The standard InChI is InChI=1S/C18H19ClFN/c1-12-2-7-18(20)16(10-12)15-8-9-21-11-17(15)13-3-5-14(19)6-4-13/h2-7,10,15,17,21H,8-9,11H2,1H3. The molecule has 1 N–H and O–H groups in total. The van der Waals surface area contributed by atoms with Crippen molar-refractivity contribution in [2.75, 3.05) is 13.1 Å². The van der Waals surface area contributed by atoms with Gasteiger partial charge in [-0.05, 0) is 55.1 Å². The number of hydrogen-bond acceptors (Lipinski definition) is 1. The molecular weight excluding hydrogens is 285 g/mol. The average molecular weight is 304 g/mol. The summed E-state index contributed by atoms with van der Waals surface area (Å²) in [5.74, 6) is 0.408. The number of benzene rings is 2. The second-order valence-corrected chi connectivity index (χ2v) is 6.22. The van der Waals surface area contributed by atoms with E-state index in [0.717, 1.165) is 35.7 Å². The fraction of sp³-hybridized carbons (Fsp3) is 0.333. The lowest BCUT2D eigenvalue weighted by Crippen LogP contribution is -2.34. The van der Waals surface area contributed by atoms with Crippen LogP contribution in [0, 0.1) is 12.7 Å². The van der Waals surface area contributed by atoms with Gasteiger partial charge in [-0.3, -0.25) is 0 Å². The number of nitrogens with one attached hydrogen (secondary N) is 1. The third-order valence-corrected chi connectivity index (χ3v) is 4.58. The van der Waals surface area contributed by atoms with Gasteiger partial charge in [-0.25, -0.2) is 4.39 Å². The van der Waals surface area contributed by atoms with Crippen molar-refractivity contribution in [3.63, 3.8) is 0 Å². The van der Waals surface area contributed by atoms with E-state index < -0.39 is 0 Å². The summed E-state index contributed by atoms with van der Waals surface area (Å²) in [5, 5.41) is 4.16. The van der Waals surface area contributed by atoms with E-state index in [4.69, 9.17) is 11.6 Å². The van der Waals surface area contributed by atoms with Gasteiger partial charge >= 0.3 is 0 Å². The topological polar surface area (TPSA) is 12.0 Å². The van der Waals surface area contributed by atoms with Gasteiger partial charge in [-0.1, -0.05) is 41.4 Å². The van der Waals surface area contributed by atoms with E-state index in [9.17, 15) is 4.39 Å². The first kappa shape index (κ1) is 14.6. The average Bonchev–Trinajstić information content (AvgIpc) is 2.51. The monoisotopic (exact) mass is 303 g/mol. The highest BCUT2D eigenvalue weighted by Gasteiger charge is 2.29. The van der Waals surface area contributed by atoms with Crippen LogP contribution in [0.25, 0.3) is 0 Å². The van der Waals surface area contributed by atoms with Gasteiger partial charge in [0.05, 0.1) is 0 Å². The molecule has 0 radical (unpaired) electrons. The second kappa shape index (κ2) is 6.17. The van der Waals surface area contributed by atoms with Gasteiger partial charge in [-0.2, -0.15) is 0 Å². The Hall–Kier alpha value is -1.38. The third-order valence-electron chi connectivity index (χ3n) is 4.33. The first-order valence-electron chi connectivity index (χ1n) is 7.37. The molecule has 2 aromatic rings. The van der Waals surface area contributed by atoms with E-state index in [1.165, 1.54) is 5.56 Å². The molecule has 0 aliphatic carbocycles. The van der Waals surface area contributed by atoms with Crippen molar-refractivity contribution >= 4 is 11.6 Å². The van der Waals surface area contributed by atoms with E-state index in [1.54, 1.807) is 6.07 Å². The molecule has 1 aliphatic rings. The Kier molecular flexibility index (Phi) is 4.27. The SMILES string of the molecule is Cc1ccc(F)c(C2CCNCC2c2ccc(Cl)cc2)c1. The molecule has 1 saturated heterocycles. The lowest BCUT2D eigenvalue weighted by Gasteiger charge is -2.33. The molecule has 21 heavy (non-hydrogen) atoms. The van der Waals surface area contributed by atoms with Crippen molar-refractivity contribution in [3.05, 3.63) is 70.0 Å². The van der Waals surface area contributed by atoms with Crippen LogP contribution in [0.1, 0.15) is 34.9 Å². The van der Waals surface area contributed by atoms with E-state index in [-0.39, 0.29) is 17.7 Å². The van der Waals surface area contributed by atoms with Crippen LogP contribution in [-0.2, 0) is 0 Å². The molecule has 1 heterocycles. The molecule has 0 bridgehead atoms. The summed E-state index contributed by atoms with van der Waals surface area (Å²) < 4.78 is 14.3. The van der Waals surface area contributed by atoms with Crippen LogP contribution in [0.5, 0.6) is 0 Å². The summed E-state index contributed by atoms with van der Waals surface area (Å²) >= 11 is 5.97.